The lowest BCUT2D eigenvalue weighted by molar-refractivity contribution is -0.120. The lowest BCUT2D eigenvalue weighted by atomic mass is 9.86. The molecular formula is C28H28N2O5. The standard InChI is InChI=1S/C28H28N2O5/c1-28(2,3)24(25(31)29-18-14-12-17(13-15-18)26(32)33)30-27(34)35-16-23-21-10-6-4-8-19(21)20-9-5-7-11-22(20)23/h4-15,23-24H,16H2,1-3H3,(H,29,31)(H,30,34)(H,32,33). The topological polar surface area (TPSA) is 105 Å². The predicted octanol–water partition coefficient (Wildman–Crippen LogP) is 5.28. The Morgan fingerprint density at radius 1 is 0.886 bits per heavy atom. The normalized spacial score (nSPS) is 13.3. The molecule has 0 aliphatic heterocycles. The number of hydrogen-bond donors (Lipinski definition) is 3. The molecule has 3 N–H and O–H groups in total. The van der Waals surface area contributed by atoms with Gasteiger partial charge in [-0.2, -0.15) is 0 Å². The van der Waals surface area contributed by atoms with Gasteiger partial charge in [0.05, 0.1) is 5.56 Å². The van der Waals surface area contributed by atoms with Crippen LogP contribution in [0.15, 0.2) is 72.8 Å². The summed E-state index contributed by atoms with van der Waals surface area (Å²) in [5, 5.41) is 14.5. The highest BCUT2D eigenvalue weighted by Gasteiger charge is 2.34. The Bertz CT molecular complexity index is 1220. The van der Waals surface area contributed by atoms with E-state index in [2.05, 4.69) is 22.8 Å². The lowest BCUT2D eigenvalue weighted by Crippen LogP contribution is -2.51. The zero-order valence-electron chi connectivity index (χ0n) is 19.9. The van der Waals surface area contributed by atoms with Gasteiger partial charge >= 0.3 is 12.1 Å². The van der Waals surface area contributed by atoms with Crippen LogP contribution in [0.3, 0.4) is 0 Å². The number of benzene rings is 3. The minimum Gasteiger partial charge on any atom is -0.478 e. The number of fused-ring (bicyclic) bond motifs is 3. The number of hydrogen-bond acceptors (Lipinski definition) is 4. The van der Waals surface area contributed by atoms with Crippen molar-refractivity contribution < 1.29 is 24.2 Å². The van der Waals surface area contributed by atoms with E-state index in [1.807, 2.05) is 57.2 Å². The van der Waals surface area contributed by atoms with Crippen molar-refractivity contribution in [3.8, 4) is 11.1 Å². The van der Waals surface area contributed by atoms with Gasteiger partial charge in [0.25, 0.3) is 0 Å². The van der Waals surface area contributed by atoms with Crippen molar-refractivity contribution in [3.05, 3.63) is 89.5 Å². The lowest BCUT2D eigenvalue weighted by Gasteiger charge is -2.30. The number of carbonyl (C=O) groups excluding carboxylic acids is 2. The minimum absolute atomic E-state index is 0.0807. The summed E-state index contributed by atoms with van der Waals surface area (Å²) in [6.07, 6.45) is -0.678. The first kappa shape index (κ1) is 24.0. The SMILES string of the molecule is CC(C)(C)C(NC(=O)OCC1c2ccccc2-c2ccccc21)C(=O)Nc1ccc(C(=O)O)cc1. The zero-order valence-corrected chi connectivity index (χ0v) is 19.9. The van der Waals surface area contributed by atoms with E-state index in [-0.39, 0.29) is 18.1 Å². The van der Waals surface area contributed by atoms with E-state index in [0.29, 0.717) is 5.69 Å². The number of aromatic carboxylic acids is 1. The summed E-state index contributed by atoms with van der Waals surface area (Å²) in [6, 6.07) is 21.1. The van der Waals surface area contributed by atoms with Gasteiger partial charge in [0.2, 0.25) is 5.91 Å². The number of amides is 2. The Morgan fingerprint density at radius 2 is 1.43 bits per heavy atom. The molecule has 3 aromatic carbocycles. The molecular weight excluding hydrogens is 444 g/mol. The summed E-state index contributed by atoms with van der Waals surface area (Å²) in [7, 11) is 0. The average molecular weight is 473 g/mol. The summed E-state index contributed by atoms with van der Waals surface area (Å²) in [5.41, 5.74) is 4.44. The first-order chi connectivity index (χ1) is 16.6. The van der Waals surface area contributed by atoms with Gasteiger partial charge in [-0.3, -0.25) is 4.79 Å². The monoisotopic (exact) mass is 472 g/mol. The first-order valence-electron chi connectivity index (χ1n) is 11.4. The molecule has 3 aromatic rings. The molecule has 0 radical (unpaired) electrons. The summed E-state index contributed by atoms with van der Waals surface area (Å²) in [4.78, 5) is 36.8. The van der Waals surface area contributed by atoms with Gasteiger partial charge in [0, 0.05) is 11.6 Å². The quantitative estimate of drug-likeness (QED) is 0.453. The Balaban J connectivity index is 1.43. The fourth-order valence-electron chi connectivity index (χ4n) is 4.34. The molecule has 1 aliphatic carbocycles. The molecule has 4 rings (SSSR count). The van der Waals surface area contributed by atoms with Gasteiger partial charge in [-0.15, -0.1) is 0 Å². The molecule has 0 heterocycles. The first-order valence-corrected chi connectivity index (χ1v) is 11.4. The summed E-state index contributed by atoms with van der Waals surface area (Å²) >= 11 is 0. The molecule has 7 nitrogen and oxygen atoms in total. The molecule has 1 aliphatic rings. The second-order valence-corrected chi connectivity index (χ2v) is 9.64. The van der Waals surface area contributed by atoms with Crippen LogP contribution in [0.2, 0.25) is 0 Å². The van der Waals surface area contributed by atoms with Crippen LogP contribution in [-0.2, 0) is 9.53 Å². The van der Waals surface area contributed by atoms with Crippen LogP contribution in [0.4, 0.5) is 10.5 Å². The maximum Gasteiger partial charge on any atom is 0.407 e. The molecule has 7 heteroatoms. The van der Waals surface area contributed by atoms with E-state index in [4.69, 9.17) is 9.84 Å². The molecule has 35 heavy (non-hydrogen) atoms. The van der Waals surface area contributed by atoms with Crippen LogP contribution < -0.4 is 10.6 Å². The van der Waals surface area contributed by atoms with Crippen molar-refractivity contribution in [2.75, 3.05) is 11.9 Å². The summed E-state index contributed by atoms with van der Waals surface area (Å²) in [6.45, 7) is 5.67. The predicted molar refractivity (Wildman–Crippen MR) is 133 cm³/mol. The van der Waals surface area contributed by atoms with Crippen molar-refractivity contribution in [2.24, 2.45) is 5.41 Å². The van der Waals surface area contributed by atoms with Gasteiger partial charge in [0.1, 0.15) is 12.6 Å². The number of anilines is 1. The number of alkyl carbamates (subject to hydrolysis) is 1. The van der Waals surface area contributed by atoms with Crippen LogP contribution in [-0.4, -0.2) is 35.7 Å². The van der Waals surface area contributed by atoms with Crippen molar-refractivity contribution in [2.45, 2.75) is 32.7 Å². The van der Waals surface area contributed by atoms with E-state index in [0.717, 1.165) is 22.3 Å². The molecule has 0 bridgehead atoms. The second kappa shape index (κ2) is 9.62. The highest BCUT2D eigenvalue weighted by Crippen LogP contribution is 2.44. The number of carbonyl (C=O) groups is 3. The molecule has 1 atom stereocenters. The highest BCUT2D eigenvalue weighted by atomic mass is 16.5. The van der Waals surface area contributed by atoms with Crippen LogP contribution in [0.1, 0.15) is 48.2 Å². The molecule has 180 valence electrons. The van der Waals surface area contributed by atoms with E-state index in [1.165, 1.54) is 24.3 Å². The number of nitrogens with one attached hydrogen (secondary N) is 2. The smallest absolute Gasteiger partial charge is 0.407 e. The molecule has 1 unspecified atom stereocenters. The number of rotatable bonds is 6. The number of carboxylic acid groups (broad SMARTS) is 1. The minimum atomic E-state index is -1.05. The molecule has 0 saturated carbocycles. The second-order valence-electron chi connectivity index (χ2n) is 9.64. The Hall–Kier alpha value is -4.13. The summed E-state index contributed by atoms with van der Waals surface area (Å²) < 4.78 is 5.61. The maximum absolute atomic E-state index is 13.0. The Morgan fingerprint density at radius 3 is 1.94 bits per heavy atom. The number of carboxylic acids is 1. The third kappa shape index (κ3) is 5.19. The molecule has 2 amide bonds. The average Bonchev–Trinajstić information content (AvgIpc) is 3.14. The van der Waals surface area contributed by atoms with E-state index < -0.39 is 29.4 Å². The Labute approximate surface area is 204 Å². The third-order valence-corrected chi connectivity index (χ3v) is 6.13. The van der Waals surface area contributed by atoms with Crippen LogP contribution in [0, 0.1) is 5.41 Å². The van der Waals surface area contributed by atoms with E-state index in [9.17, 15) is 14.4 Å². The fourth-order valence-corrected chi connectivity index (χ4v) is 4.34. The Kier molecular flexibility index (Phi) is 6.60. The van der Waals surface area contributed by atoms with Gasteiger partial charge in [-0.05, 0) is 51.9 Å². The zero-order chi connectivity index (χ0) is 25.2. The molecule has 0 spiro atoms. The molecule has 0 saturated heterocycles. The van der Waals surface area contributed by atoms with Gasteiger partial charge in [-0.1, -0.05) is 69.3 Å². The fraction of sp³-hybridized carbons (Fsp3) is 0.250. The van der Waals surface area contributed by atoms with E-state index >= 15 is 0 Å². The van der Waals surface area contributed by atoms with Crippen molar-refractivity contribution >= 4 is 23.7 Å². The van der Waals surface area contributed by atoms with Crippen molar-refractivity contribution in [3.63, 3.8) is 0 Å². The highest BCUT2D eigenvalue weighted by molar-refractivity contribution is 5.97. The molecule has 0 aromatic heterocycles. The summed E-state index contributed by atoms with van der Waals surface area (Å²) in [5.74, 6) is -1.55. The maximum atomic E-state index is 13.0. The largest absolute Gasteiger partial charge is 0.478 e. The van der Waals surface area contributed by atoms with Gasteiger partial charge < -0.3 is 20.5 Å². The third-order valence-electron chi connectivity index (χ3n) is 6.13. The van der Waals surface area contributed by atoms with Crippen LogP contribution in [0.5, 0.6) is 0 Å². The van der Waals surface area contributed by atoms with Crippen molar-refractivity contribution in [1.82, 2.24) is 5.32 Å². The van der Waals surface area contributed by atoms with E-state index in [1.54, 1.807) is 0 Å². The van der Waals surface area contributed by atoms with Crippen molar-refractivity contribution in [1.29, 1.82) is 0 Å². The van der Waals surface area contributed by atoms with Crippen LogP contribution >= 0.6 is 0 Å². The van der Waals surface area contributed by atoms with Gasteiger partial charge in [0.15, 0.2) is 0 Å². The molecule has 0 fully saturated rings. The van der Waals surface area contributed by atoms with Crippen LogP contribution in [0.25, 0.3) is 11.1 Å². The number of ether oxygens (including phenoxy) is 1. The van der Waals surface area contributed by atoms with Gasteiger partial charge in [-0.25, -0.2) is 9.59 Å².